The fraction of sp³-hybridized carbons (Fsp3) is 0.111. The van der Waals surface area contributed by atoms with Crippen LogP contribution in [-0.4, -0.2) is 52.1 Å². The molecule has 0 radical (unpaired) electrons. The summed E-state index contributed by atoms with van der Waals surface area (Å²) in [6.07, 6.45) is -0.761. The summed E-state index contributed by atoms with van der Waals surface area (Å²) in [5.74, 6) is -2.43. The number of nitrogen functional groups attached to an aromatic ring is 1. The molecular formula is C18H14F3N5O5S. The molecule has 0 saturated heterocycles. The summed E-state index contributed by atoms with van der Waals surface area (Å²) in [7, 11) is -3.28. The van der Waals surface area contributed by atoms with Gasteiger partial charge in [-0.3, -0.25) is 4.98 Å². The predicted octanol–water partition coefficient (Wildman–Crippen LogP) is 2.90. The Bertz CT molecular complexity index is 1380. The Labute approximate surface area is 177 Å². The number of halogens is 3. The molecule has 0 atom stereocenters. The molecule has 14 heteroatoms. The third-order valence-corrected chi connectivity index (χ3v) is 5.15. The quantitative estimate of drug-likeness (QED) is 0.409. The number of rotatable bonds is 3. The number of aromatic amines is 1. The highest BCUT2D eigenvalue weighted by Crippen LogP contribution is 2.31. The highest BCUT2D eigenvalue weighted by atomic mass is 32.2. The van der Waals surface area contributed by atoms with E-state index in [4.69, 9.17) is 20.1 Å². The van der Waals surface area contributed by atoms with Crippen LogP contribution >= 0.6 is 0 Å². The topological polar surface area (TPSA) is 165 Å². The van der Waals surface area contributed by atoms with E-state index < -0.39 is 22.0 Å². The molecule has 0 spiro atoms. The molecule has 0 unspecified atom stereocenters. The summed E-state index contributed by atoms with van der Waals surface area (Å²) in [5, 5.41) is 15.6. The third kappa shape index (κ3) is 5.03. The van der Waals surface area contributed by atoms with Gasteiger partial charge in [0.1, 0.15) is 0 Å². The average molecular weight is 469 g/mol. The number of sulfone groups is 1. The Morgan fingerprint density at radius 2 is 1.88 bits per heavy atom. The van der Waals surface area contributed by atoms with Gasteiger partial charge in [-0.05, 0) is 30.3 Å². The van der Waals surface area contributed by atoms with Crippen molar-refractivity contribution in [2.45, 2.75) is 11.1 Å². The molecule has 4 N–H and O–H groups in total. The van der Waals surface area contributed by atoms with Crippen molar-refractivity contribution in [1.82, 2.24) is 20.2 Å². The molecule has 0 fully saturated rings. The smallest absolute Gasteiger partial charge is 0.475 e. The van der Waals surface area contributed by atoms with Crippen LogP contribution in [0, 0.1) is 0 Å². The van der Waals surface area contributed by atoms with Gasteiger partial charge in [-0.2, -0.15) is 13.2 Å². The highest BCUT2D eigenvalue weighted by molar-refractivity contribution is 7.90. The van der Waals surface area contributed by atoms with Gasteiger partial charge in [0.15, 0.2) is 9.84 Å². The minimum Gasteiger partial charge on any atom is -0.475 e. The first-order valence-corrected chi connectivity index (χ1v) is 10.4. The molecule has 0 amide bonds. The zero-order valence-corrected chi connectivity index (χ0v) is 16.9. The molecule has 0 bridgehead atoms. The SMILES string of the molecule is CS(=O)(=O)c1ccc(-c2c[nH]c3ccc(-c4nnc(N)o4)cc23)nc1.O=C(O)C(F)(F)F. The monoisotopic (exact) mass is 469 g/mol. The van der Waals surface area contributed by atoms with Crippen molar-refractivity contribution in [3.63, 3.8) is 0 Å². The number of hydrogen-bond acceptors (Lipinski definition) is 8. The van der Waals surface area contributed by atoms with E-state index in [-0.39, 0.29) is 10.9 Å². The van der Waals surface area contributed by atoms with Crippen molar-refractivity contribution in [2.75, 3.05) is 12.0 Å². The van der Waals surface area contributed by atoms with E-state index in [0.717, 1.165) is 28.3 Å². The lowest BCUT2D eigenvalue weighted by Gasteiger charge is -2.02. The van der Waals surface area contributed by atoms with Crippen LogP contribution in [-0.2, 0) is 14.6 Å². The first-order chi connectivity index (χ1) is 14.9. The first-order valence-electron chi connectivity index (χ1n) is 8.53. The summed E-state index contributed by atoms with van der Waals surface area (Å²) >= 11 is 0. The Morgan fingerprint density at radius 3 is 2.38 bits per heavy atom. The van der Waals surface area contributed by atoms with E-state index in [2.05, 4.69) is 20.2 Å². The number of carbonyl (C=O) groups is 1. The zero-order valence-electron chi connectivity index (χ0n) is 16.1. The summed E-state index contributed by atoms with van der Waals surface area (Å²) in [6, 6.07) is 8.84. The average Bonchev–Trinajstić information content (AvgIpc) is 3.33. The second-order valence-corrected chi connectivity index (χ2v) is 8.38. The van der Waals surface area contributed by atoms with Gasteiger partial charge < -0.3 is 20.2 Å². The van der Waals surface area contributed by atoms with Crippen molar-refractivity contribution >= 4 is 32.7 Å². The lowest BCUT2D eigenvalue weighted by molar-refractivity contribution is -0.192. The van der Waals surface area contributed by atoms with Crippen LogP contribution in [0.4, 0.5) is 19.2 Å². The summed E-state index contributed by atoms with van der Waals surface area (Å²) < 4.78 is 60.1. The number of H-pyrrole nitrogens is 1. The maximum absolute atomic E-state index is 11.6. The Hall–Kier alpha value is -3.94. The van der Waals surface area contributed by atoms with E-state index in [0.29, 0.717) is 11.6 Å². The van der Waals surface area contributed by atoms with Crippen molar-refractivity contribution < 1.29 is 35.9 Å². The van der Waals surface area contributed by atoms with Crippen molar-refractivity contribution in [2.24, 2.45) is 0 Å². The van der Waals surface area contributed by atoms with Gasteiger partial charge >= 0.3 is 18.2 Å². The second kappa shape index (κ2) is 8.30. The molecule has 0 saturated carbocycles. The minimum absolute atomic E-state index is 0.00224. The number of nitrogens with zero attached hydrogens (tertiary/aromatic N) is 3. The van der Waals surface area contributed by atoms with Crippen molar-refractivity contribution in [1.29, 1.82) is 0 Å². The lowest BCUT2D eigenvalue weighted by Crippen LogP contribution is -2.21. The molecule has 3 heterocycles. The number of aromatic nitrogens is 4. The van der Waals surface area contributed by atoms with Crippen LogP contribution in [0.5, 0.6) is 0 Å². The largest absolute Gasteiger partial charge is 0.490 e. The molecule has 4 aromatic rings. The molecule has 1 aromatic carbocycles. The number of nitrogens with one attached hydrogen (secondary N) is 1. The van der Waals surface area contributed by atoms with Crippen LogP contribution in [0.15, 0.2) is 52.0 Å². The predicted molar refractivity (Wildman–Crippen MR) is 106 cm³/mol. The van der Waals surface area contributed by atoms with Crippen molar-refractivity contribution in [3.05, 3.63) is 42.7 Å². The molecule has 10 nitrogen and oxygen atoms in total. The Balaban J connectivity index is 0.000000360. The van der Waals surface area contributed by atoms with Gasteiger partial charge in [-0.15, -0.1) is 5.10 Å². The molecular weight excluding hydrogens is 455 g/mol. The van der Waals surface area contributed by atoms with Gasteiger partial charge in [0.2, 0.25) is 5.89 Å². The number of pyridine rings is 1. The summed E-state index contributed by atoms with van der Waals surface area (Å²) in [4.78, 5) is 16.5. The Morgan fingerprint density at radius 1 is 1.19 bits per heavy atom. The molecule has 32 heavy (non-hydrogen) atoms. The number of carboxylic acid groups (broad SMARTS) is 1. The van der Waals surface area contributed by atoms with Crippen LogP contribution < -0.4 is 5.73 Å². The van der Waals surface area contributed by atoms with E-state index in [1.807, 2.05) is 24.4 Å². The number of hydrogen-bond donors (Lipinski definition) is 3. The fourth-order valence-electron chi connectivity index (χ4n) is 2.58. The maximum atomic E-state index is 11.6. The summed E-state index contributed by atoms with van der Waals surface area (Å²) in [5.41, 5.74) is 8.59. The molecule has 0 aliphatic carbocycles. The first kappa shape index (κ1) is 22.7. The number of nitrogens with two attached hydrogens (primary N) is 1. The van der Waals surface area contributed by atoms with Gasteiger partial charge in [0.05, 0.1) is 10.6 Å². The summed E-state index contributed by atoms with van der Waals surface area (Å²) in [6.45, 7) is 0. The van der Waals surface area contributed by atoms with Crippen LogP contribution in [0.1, 0.15) is 0 Å². The number of carboxylic acids is 1. The molecule has 0 aliphatic heterocycles. The number of fused-ring (bicyclic) bond motifs is 1. The number of anilines is 1. The number of benzene rings is 1. The van der Waals surface area contributed by atoms with Crippen LogP contribution in [0.3, 0.4) is 0 Å². The molecule has 3 aromatic heterocycles. The van der Waals surface area contributed by atoms with E-state index in [9.17, 15) is 21.6 Å². The van der Waals surface area contributed by atoms with E-state index in [1.165, 1.54) is 6.20 Å². The van der Waals surface area contributed by atoms with E-state index in [1.54, 1.807) is 12.1 Å². The normalized spacial score (nSPS) is 11.8. The maximum Gasteiger partial charge on any atom is 0.490 e. The minimum atomic E-state index is -5.08. The van der Waals surface area contributed by atoms with E-state index >= 15 is 0 Å². The third-order valence-electron chi connectivity index (χ3n) is 4.05. The van der Waals surface area contributed by atoms with Crippen LogP contribution in [0.2, 0.25) is 0 Å². The van der Waals surface area contributed by atoms with Gasteiger partial charge in [-0.1, -0.05) is 5.10 Å². The van der Waals surface area contributed by atoms with Gasteiger partial charge in [-0.25, -0.2) is 13.2 Å². The Kier molecular flexibility index (Phi) is 5.90. The van der Waals surface area contributed by atoms with Gasteiger partial charge in [0, 0.05) is 40.7 Å². The second-order valence-electron chi connectivity index (χ2n) is 6.36. The highest BCUT2D eigenvalue weighted by Gasteiger charge is 2.38. The molecule has 0 aliphatic rings. The van der Waals surface area contributed by atoms with Crippen LogP contribution in [0.25, 0.3) is 33.6 Å². The lowest BCUT2D eigenvalue weighted by atomic mass is 10.1. The standard InChI is InChI=1S/C16H13N5O3S.C2HF3O2/c1-25(22,23)10-3-5-14(18-7-10)12-8-19-13-4-2-9(6-11(12)13)15-20-21-16(17)24-15;3-2(4,5)1(6)7/h2-8,19H,1H3,(H2,17,21);(H,6,7). The zero-order chi connectivity index (χ0) is 23.7. The van der Waals surface area contributed by atoms with Crippen molar-refractivity contribution in [3.8, 4) is 22.7 Å². The van der Waals surface area contributed by atoms with Gasteiger partial charge in [0.25, 0.3) is 0 Å². The fourth-order valence-corrected chi connectivity index (χ4v) is 3.14. The number of alkyl halides is 3. The molecule has 4 rings (SSSR count). The number of aliphatic carboxylic acids is 1. The molecule has 168 valence electrons.